The molecule has 1 aliphatic heterocycles. The van der Waals surface area contributed by atoms with Crippen LogP contribution in [0.2, 0.25) is 5.02 Å². The van der Waals surface area contributed by atoms with E-state index in [1.54, 1.807) is 12.4 Å². The number of amides is 1. The molecule has 1 amide bonds. The van der Waals surface area contributed by atoms with Gasteiger partial charge in [0.1, 0.15) is 5.82 Å². The maximum atomic E-state index is 11.6. The molecule has 0 radical (unpaired) electrons. The van der Waals surface area contributed by atoms with Crippen LogP contribution in [-0.2, 0) is 9.79 Å². The molecule has 0 aliphatic carbocycles. The van der Waals surface area contributed by atoms with E-state index in [1.807, 2.05) is 44.2 Å². The minimum Gasteiger partial charge on any atom is -0.365 e. The van der Waals surface area contributed by atoms with Crippen LogP contribution in [0.5, 0.6) is 0 Å². The van der Waals surface area contributed by atoms with Crippen molar-refractivity contribution in [2.75, 3.05) is 5.32 Å². The van der Waals surface area contributed by atoms with Crippen LogP contribution in [0, 0.1) is 13.8 Å². The van der Waals surface area contributed by atoms with Crippen LogP contribution in [0.4, 0.5) is 5.82 Å². The minimum absolute atomic E-state index is 0.425. The molecule has 1 unspecified atom stereocenters. The fourth-order valence-corrected chi connectivity index (χ4v) is 4.24. The van der Waals surface area contributed by atoms with Crippen LogP contribution in [0.1, 0.15) is 16.7 Å². The summed E-state index contributed by atoms with van der Waals surface area (Å²) in [6.07, 6.45) is 3.34. The third-order valence-electron chi connectivity index (χ3n) is 3.71. The number of carbonyl (C=O) groups excluding carboxylic acids is 1. The molecule has 0 saturated carbocycles. The highest BCUT2D eigenvalue weighted by molar-refractivity contribution is 8.05. The molecule has 3 rings (SSSR count). The fraction of sp³-hybridized carbons (Fsp3) is 0.176. The van der Waals surface area contributed by atoms with Crippen LogP contribution in [0.25, 0.3) is 0 Å². The molecule has 124 valence electrons. The normalized spacial score (nSPS) is 19.5. The van der Waals surface area contributed by atoms with Crippen molar-refractivity contribution in [3.63, 3.8) is 0 Å². The van der Waals surface area contributed by atoms with Crippen molar-refractivity contribution in [3.05, 3.63) is 69.3 Å². The number of pyridine rings is 1. The first kappa shape index (κ1) is 16.7. The zero-order valence-corrected chi connectivity index (χ0v) is 14.8. The van der Waals surface area contributed by atoms with E-state index in [1.165, 1.54) is 11.8 Å². The number of hydrogen-bond donors (Lipinski definition) is 3. The summed E-state index contributed by atoms with van der Waals surface area (Å²) < 4.78 is 0. The Bertz CT molecular complexity index is 819. The third-order valence-corrected chi connectivity index (χ3v) is 5.29. The van der Waals surface area contributed by atoms with E-state index in [0.717, 1.165) is 16.7 Å². The molecule has 0 bridgehead atoms. The van der Waals surface area contributed by atoms with Gasteiger partial charge in [-0.05, 0) is 43.2 Å². The first-order valence-corrected chi connectivity index (χ1v) is 8.54. The number of nitrogens with zero attached hydrogens (tertiary/aromatic N) is 1. The van der Waals surface area contributed by atoms with E-state index >= 15 is 0 Å². The summed E-state index contributed by atoms with van der Waals surface area (Å²) in [6, 6.07) is 9.53. The Morgan fingerprint density at radius 1 is 1.38 bits per heavy atom. The summed E-state index contributed by atoms with van der Waals surface area (Å²) in [4.78, 5) is 15.5. The average molecular weight is 361 g/mol. The lowest BCUT2D eigenvalue weighted by Gasteiger charge is -2.33. The number of rotatable bonds is 4. The quantitative estimate of drug-likeness (QED) is 0.780. The largest absolute Gasteiger partial charge is 0.365 e. The van der Waals surface area contributed by atoms with Gasteiger partial charge in [-0.25, -0.2) is 4.98 Å². The van der Waals surface area contributed by atoms with E-state index < -0.39 is 10.9 Å². The molecular weight excluding hydrogens is 344 g/mol. The highest BCUT2D eigenvalue weighted by atomic mass is 35.5. The standard InChI is InChI=1S/C17H17ClN4OS/c1-10-6-7-20-14(8-10)22-17(21-9-13(24-17)16(19)23)15-11(2)4-3-5-12(15)18/h3-9,21H,1-2H3,(H2,19,23)(H,20,22). The lowest BCUT2D eigenvalue weighted by atomic mass is 10.1. The predicted molar refractivity (Wildman–Crippen MR) is 98.5 cm³/mol. The van der Waals surface area contributed by atoms with Gasteiger partial charge in [0.15, 0.2) is 4.99 Å². The van der Waals surface area contributed by atoms with Crippen molar-refractivity contribution in [2.24, 2.45) is 5.73 Å². The Labute approximate surface area is 149 Å². The molecule has 0 saturated heterocycles. The lowest BCUT2D eigenvalue weighted by Crippen LogP contribution is -2.42. The van der Waals surface area contributed by atoms with E-state index in [2.05, 4.69) is 15.6 Å². The van der Waals surface area contributed by atoms with Crippen LogP contribution < -0.4 is 16.4 Å². The van der Waals surface area contributed by atoms with Crippen molar-refractivity contribution in [1.29, 1.82) is 0 Å². The molecule has 1 aromatic carbocycles. The number of aryl methyl sites for hydroxylation is 2. The van der Waals surface area contributed by atoms with Crippen molar-refractivity contribution in [2.45, 2.75) is 18.8 Å². The maximum Gasteiger partial charge on any atom is 0.256 e. The van der Waals surface area contributed by atoms with E-state index in [4.69, 9.17) is 17.3 Å². The minimum atomic E-state index is -0.854. The molecule has 1 aromatic heterocycles. The second-order valence-electron chi connectivity index (χ2n) is 5.58. The number of nitrogens with one attached hydrogen (secondary N) is 2. The van der Waals surface area contributed by atoms with Crippen molar-refractivity contribution in [1.82, 2.24) is 10.3 Å². The van der Waals surface area contributed by atoms with Gasteiger partial charge in [-0.15, -0.1) is 0 Å². The highest BCUT2D eigenvalue weighted by Gasteiger charge is 2.41. The van der Waals surface area contributed by atoms with Gasteiger partial charge >= 0.3 is 0 Å². The molecule has 2 heterocycles. The zero-order valence-electron chi connectivity index (χ0n) is 13.3. The first-order valence-electron chi connectivity index (χ1n) is 7.34. The summed E-state index contributed by atoms with van der Waals surface area (Å²) in [5, 5.41) is 7.20. The number of anilines is 1. The first-order chi connectivity index (χ1) is 11.4. The SMILES string of the molecule is Cc1ccnc(NC2(c3c(C)cccc3Cl)NC=C(C(N)=O)S2)c1. The second kappa shape index (κ2) is 6.37. The molecule has 7 heteroatoms. The predicted octanol–water partition coefficient (Wildman–Crippen LogP) is 3.24. The average Bonchev–Trinajstić information content (AvgIpc) is 2.92. The summed E-state index contributed by atoms with van der Waals surface area (Å²) in [7, 11) is 0. The van der Waals surface area contributed by atoms with E-state index in [-0.39, 0.29) is 0 Å². The van der Waals surface area contributed by atoms with Gasteiger partial charge in [0.2, 0.25) is 0 Å². The Kier molecular flexibility index (Phi) is 4.43. The van der Waals surface area contributed by atoms with Crippen LogP contribution >= 0.6 is 23.4 Å². The van der Waals surface area contributed by atoms with Crippen LogP contribution in [0.3, 0.4) is 0 Å². The number of thioether (sulfide) groups is 1. The number of benzene rings is 1. The molecule has 1 aliphatic rings. The zero-order chi connectivity index (χ0) is 17.3. The summed E-state index contributed by atoms with van der Waals surface area (Å²) >= 11 is 7.76. The lowest BCUT2D eigenvalue weighted by molar-refractivity contribution is -0.113. The summed E-state index contributed by atoms with van der Waals surface area (Å²) in [5.74, 6) is 0.187. The van der Waals surface area contributed by atoms with Gasteiger partial charge in [-0.2, -0.15) is 0 Å². The van der Waals surface area contributed by atoms with Gasteiger partial charge < -0.3 is 16.4 Å². The Morgan fingerprint density at radius 3 is 2.79 bits per heavy atom. The number of hydrogen-bond acceptors (Lipinski definition) is 5. The van der Waals surface area contributed by atoms with Crippen molar-refractivity contribution in [3.8, 4) is 0 Å². The number of nitrogens with two attached hydrogens (primary N) is 1. The monoisotopic (exact) mass is 360 g/mol. The van der Waals surface area contributed by atoms with Crippen molar-refractivity contribution < 1.29 is 4.79 Å². The topological polar surface area (TPSA) is 80.0 Å². The van der Waals surface area contributed by atoms with E-state index in [0.29, 0.717) is 15.7 Å². The van der Waals surface area contributed by atoms with Crippen LogP contribution in [0.15, 0.2) is 47.6 Å². The molecule has 0 spiro atoms. The number of halogens is 1. The number of aromatic nitrogens is 1. The molecule has 2 aromatic rings. The van der Waals surface area contributed by atoms with E-state index in [9.17, 15) is 4.79 Å². The van der Waals surface area contributed by atoms with Crippen LogP contribution in [-0.4, -0.2) is 10.9 Å². The Hall–Kier alpha value is -2.18. The fourth-order valence-electron chi connectivity index (χ4n) is 2.62. The maximum absolute atomic E-state index is 11.6. The van der Waals surface area contributed by atoms with Gasteiger partial charge in [-0.3, -0.25) is 4.79 Å². The molecule has 24 heavy (non-hydrogen) atoms. The molecule has 1 atom stereocenters. The molecule has 5 nitrogen and oxygen atoms in total. The number of primary amides is 1. The Morgan fingerprint density at radius 2 is 2.17 bits per heavy atom. The third kappa shape index (κ3) is 3.07. The summed E-state index contributed by atoms with van der Waals surface area (Å²) in [6.45, 7) is 3.96. The molecule has 4 N–H and O–H groups in total. The van der Waals surface area contributed by atoms with Gasteiger partial charge in [0.25, 0.3) is 5.91 Å². The smallest absolute Gasteiger partial charge is 0.256 e. The Balaban J connectivity index is 2.08. The van der Waals surface area contributed by atoms with Gasteiger partial charge in [-0.1, -0.05) is 35.5 Å². The summed E-state index contributed by atoms with van der Waals surface area (Å²) in [5.41, 5.74) is 8.35. The molecular formula is C17H17ClN4OS. The van der Waals surface area contributed by atoms with Crippen molar-refractivity contribution >= 4 is 35.1 Å². The van der Waals surface area contributed by atoms with Gasteiger partial charge in [0.05, 0.1) is 4.91 Å². The van der Waals surface area contributed by atoms with Gasteiger partial charge in [0, 0.05) is 23.0 Å². The highest BCUT2D eigenvalue weighted by Crippen LogP contribution is 2.46. The second-order valence-corrected chi connectivity index (χ2v) is 7.24. The molecule has 0 fully saturated rings. The number of carbonyl (C=O) groups is 1.